The minimum Gasteiger partial charge on any atom is -0.464 e. The lowest BCUT2D eigenvalue weighted by atomic mass is 10.1. The van der Waals surface area contributed by atoms with Crippen molar-refractivity contribution >= 4 is 34.2 Å². The lowest BCUT2D eigenvalue weighted by Gasteiger charge is -2.11. The van der Waals surface area contributed by atoms with Crippen LogP contribution in [0.5, 0.6) is 0 Å². The fourth-order valence-corrected chi connectivity index (χ4v) is 2.58. The highest BCUT2D eigenvalue weighted by molar-refractivity contribution is 6.31. The number of benzene rings is 1. The SMILES string of the molecule is COC(=O)c1c(N)c(C#N)cn1-c1cccc2ncc(Cl)cc12. The molecular formula is C16H11ClN4O2. The van der Waals surface area contributed by atoms with Gasteiger partial charge >= 0.3 is 5.97 Å². The number of nitrogens with two attached hydrogens (primary N) is 1. The molecule has 1 aromatic carbocycles. The molecule has 0 aliphatic carbocycles. The Bertz CT molecular complexity index is 972. The summed E-state index contributed by atoms with van der Waals surface area (Å²) >= 11 is 6.03. The van der Waals surface area contributed by atoms with Gasteiger partial charge in [-0.2, -0.15) is 5.26 Å². The molecule has 6 nitrogen and oxygen atoms in total. The van der Waals surface area contributed by atoms with Crippen molar-refractivity contribution in [2.45, 2.75) is 0 Å². The van der Waals surface area contributed by atoms with Gasteiger partial charge in [-0.1, -0.05) is 17.7 Å². The lowest BCUT2D eigenvalue weighted by molar-refractivity contribution is 0.0593. The van der Waals surface area contributed by atoms with Gasteiger partial charge in [-0.25, -0.2) is 4.79 Å². The van der Waals surface area contributed by atoms with Crippen molar-refractivity contribution in [2.75, 3.05) is 12.8 Å². The second kappa shape index (κ2) is 5.63. The Morgan fingerprint density at radius 2 is 2.26 bits per heavy atom. The number of carbonyl (C=O) groups is 1. The van der Waals surface area contributed by atoms with Gasteiger partial charge < -0.3 is 15.0 Å². The fraction of sp³-hybridized carbons (Fsp3) is 0.0625. The van der Waals surface area contributed by atoms with Crippen molar-refractivity contribution in [3.8, 4) is 11.8 Å². The van der Waals surface area contributed by atoms with E-state index in [1.807, 2.05) is 12.1 Å². The first-order valence-electron chi connectivity index (χ1n) is 6.60. The number of esters is 1. The summed E-state index contributed by atoms with van der Waals surface area (Å²) in [6.45, 7) is 0. The first kappa shape index (κ1) is 14.9. The molecule has 0 fully saturated rings. The Morgan fingerprint density at radius 1 is 1.48 bits per heavy atom. The van der Waals surface area contributed by atoms with Gasteiger partial charge in [-0.15, -0.1) is 0 Å². The minimum absolute atomic E-state index is 0.0753. The van der Waals surface area contributed by atoms with E-state index in [1.54, 1.807) is 24.4 Å². The number of rotatable bonds is 2. The number of ether oxygens (including phenoxy) is 1. The van der Waals surface area contributed by atoms with Crippen molar-refractivity contribution < 1.29 is 9.53 Å². The molecule has 114 valence electrons. The van der Waals surface area contributed by atoms with Crippen LogP contribution in [-0.2, 0) is 4.74 Å². The predicted molar refractivity (Wildman–Crippen MR) is 86.5 cm³/mol. The van der Waals surface area contributed by atoms with Crippen LogP contribution >= 0.6 is 11.6 Å². The zero-order chi connectivity index (χ0) is 16.6. The summed E-state index contributed by atoms with van der Waals surface area (Å²) in [5.74, 6) is -0.629. The number of nitrogens with zero attached hydrogens (tertiary/aromatic N) is 3. The fourth-order valence-electron chi connectivity index (χ4n) is 2.42. The Hall–Kier alpha value is -3.04. The summed E-state index contributed by atoms with van der Waals surface area (Å²) in [5, 5.41) is 10.4. The number of pyridine rings is 1. The van der Waals surface area contributed by atoms with E-state index in [9.17, 15) is 10.1 Å². The highest BCUT2D eigenvalue weighted by atomic mass is 35.5. The maximum absolute atomic E-state index is 12.1. The number of carbonyl (C=O) groups excluding carboxylic acids is 1. The Balaban J connectivity index is 2.38. The zero-order valence-corrected chi connectivity index (χ0v) is 12.8. The maximum atomic E-state index is 12.1. The van der Waals surface area contributed by atoms with E-state index in [-0.39, 0.29) is 16.9 Å². The molecule has 0 saturated heterocycles. The topological polar surface area (TPSA) is 93.9 Å². The van der Waals surface area contributed by atoms with E-state index in [2.05, 4.69) is 4.98 Å². The average molecular weight is 327 g/mol. The van der Waals surface area contributed by atoms with E-state index in [0.29, 0.717) is 16.2 Å². The molecule has 0 radical (unpaired) electrons. The summed E-state index contributed by atoms with van der Waals surface area (Å²) in [4.78, 5) is 16.3. The monoisotopic (exact) mass is 326 g/mol. The van der Waals surface area contributed by atoms with Gasteiger partial charge in [0, 0.05) is 17.8 Å². The molecule has 0 bridgehead atoms. The molecule has 3 aromatic rings. The molecule has 0 amide bonds. The Morgan fingerprint density at radius 3 is 2.96 bits per heavy atom. The molecule has 2 aromatic heterocycles. The molecule has 0 aliphatic heterocycles. The number of hydrogen-bond acceptors (Lipinski definition) is 5. The highest BCUT2D eigenvalue weighted by Crippen LogP contribution is 2.29. The molecule has 2 heterocycles. The third-order valence-electron chi connectivity index (χ3n) is 3.47. The number of anilines is 1. The average Bonchev–Trinajstić information content (AvgIpc) is 2.90. The van der Waals surface area contributed by atoms with Crippen LogP contribution in [0.15, 0.2) is 36.7 Å². The van der Waals surface area contributed by atoms with Crippen LogP contribution < -0.4 is 5.73 Å². The van der Waals surface area contributed by atoms with Crippen LogP contribution in [0, 0.1) is 11.3 Å². The van der Waals surface area contributed by atoms with Crippen LogP contribution in [0.2, 0.25) is 5.02 Å². The van der Waals surface area contributed by atoms with E-state index in [4.69, 9.17) is 22.1 Å². The Labute approximate surface area is 136 Å². The molecule has 0 unspecified atom stereocenters. The molecular weight excluding hydrogens is 316 g/mol. The largest absolute Gasteiger partial charge is 0.464 e. The van der Waals surface area contributed by atoms with Crippen molar-refractivity contribution in [2.24, 2.45) is 0 Å². The first-order valence-corrected chi connectivity index (χ1v) is 6.98. The van der Waals surface area contributed by atoms with E-state index in [1.165, 1.54) is 17.9 Å². The van der Waals surface area contributed by atoms with E-state index >= 15 is 0 Å². The number of hydrogen-bond donors (Lipinski definition) is 1. The molecule has 0 saturated carbocycles. The van der Waals surface area contributed by atoms with Gasteiger partial charge in [0.2, 0.25) is 0 Å². The van der Waals surface area contributed by atoms with Gasteiger partial charge in [0.05, 0.1) is 34.6 Å². The minimum atomic E-state index is -0.629. The normalized spacial score (nSPS) is 10.5. The van der Waals surface area contributed by atoms with Crippen LogP contribution in [0.3, 0.4) is 0 Å². The highest BCUT2D eigenvalue weighted by Gasteiger charge is 2.22. The van der Waals surface area contributed by atoms with Gasteiger partial charge in [0.15, 0.2) is 5.69 Å². The van der Waals surface area contributed by atoms with Crippen molar-refractivity contribution in [1.29, 1.82) is 5.26 Å². The van der Waals surface area contributed by atoms with E-state index in [0.717, 1.165) is 5.39 Å². The number of fused-ring (bicyclic) bond motifs is 1. The van der Waals surface area contributed by atoms with Gasteiger partial charge in [0.1, 0.15) is 6.07 Å². The third kappa shape index (κ3) is 2.37. The lowest BCUT2D eigenvalue weighted by Crippen LogP contribution is -2.11. The van der Waals surface area contributed by atoms with Crippen molar-refractivity contribution in [1.82, 2.24) is 9.55 Å². The molecule has 2 N–H and O–H groups in total. The number of halogens is 1. The Kier molecular flexibility index (Phi) is 3.64. The van der Waals surface area contributed by atoms with Gasteiger partial charge in [-0.3, -0.25) is 4.98 Å². The van der Waals surface area contributed by atoms with Crippen molar-refractivity contribution in [3.63, 3.8) is 0 Å². The molecule has 23 heavy (non-hydrogen) atoms. The second-order valence-corrected chi connectivity index (χ2v) is 5.21. The van der Waals surface area contributed by atoms with Gasteiger partial charge in [-0.05, 0) is 18.2 Å². The third-order valence-corrected chi connectivity index (χ3v) is 3.68. The maximum Gasteiger partial charge on any atom is 0.357 e. The van der Waals surface area contributed by atoms with Crippen LogP contribution in [-0.4, -0.2) is 22.6 Å². The quantitative estimate of drug-likeness (QED) is 0.731. The summed E-state index contributed by atoms with van der Waals surface area (Å²) < 4.78 is 6.31. The first-order chi connectivity index (χ1) is 11.1. The van der Waals surface area contributed by atoms with E-state index < -0.39 is 5.97 Å². The molecule has 0 spiro atoms. The second-order valence-electron chi connectivity index (χ2n) is 4.78. The van der Waals surface area contributed by atoms with Crippen molar-refractivity contribution in [3.05, 3.63) is 52.9 Å². The molecule has 3 rings (SSSR count). The number of aromatic nitrogens is 2. The predicted octanol–water partition coefficient (Wildman–Crippen LogP) is 2.92. The summed E-state index contributed by atoms with van der Waals surface area (Å²) in [5.41, 5.74) is 7.61. The summed E-state index contributed by atoms with van der Waals surface area (Å²) in [6, 6.07) is 9.11. The molecule has 0 atom stereocenters. The summed E-state index contributed by atoms with van der Waals surface area (Å²) in [6.07, 6.45) is 3.04. The van der Waals surface area contributed by atoms with Crippen LogP contribution in [0.25, 0.3) is 16.6 Å². The number of nitriles is 1. The van der Waals surface area contributed by atoms with Crippen LogP contribution in [0.4, 0.5) is 5.69 Å². The number of nitrogen functional groups attached to an aromatic ring is 1. The molecule has 7 heteroatoms. The van der Waals surface area contributed by atoms with Crippen LogP contribution in [0.1, 0.15) is 16.1 Å². The molecule has 0 aliphatic rings. The van der Waals surface area contributed by atoms with Gasteiger partial charge in [0.25, 0.3) is 0 Å². The zero-order valence-electron chi connectivity index (χ0n) is 12.1. The number of methoxy groups -OCH3 is 1. The standard InChI is InChI=1S/C16H11ClN4O2/c1-23-16(22)15-14(19)9(6-18)8-21(15)13-4-2-3-12-11(13)5-10(17)7-20-12/h2-5,7-8H,19H2,1H3. The smallest absolute Gasteiger partial charge is 0.357 e. The summed E-state index contributed by atoms with van der Waals surface area (Å²) in [7, 11) is 1.26.